The van der Waals surface area contributed by atoms with Crippen LogP contribution in [0.5, 0.6) is 5.75 Å². The number of rotatable bonds is 5. The summed E-state index contributed by atoms with van der Waals surface area (Å²) < 4.78 is 25.2. The molecule has 10 heteroatoms. The number of sulfonamides is 1. The Balaban J connectivity index is 1.89. The van der Waals surface area contributed by atoms with Crippen molar-refractivity contribution in [3.05, 3.63) is 65.4 Å². The Morgan fingerprint density at radius 2 is 2.00 bits per heavy atom. The zero-order chi connectivity index (χ0) is 19.6. The first-order valence-electron chi connectivity index (χ1n) is 7.68. The zero-order valence-corrected chi connectivity index (χ0v) is 15.4. The topological polar surface area (TPSA) is 127 Å². The number of nitrogens with one attached hydrogen (secondary N) is 1. The lowest BCUT2D eigenvalue weighted by Crippen LogP contribution is -2.18. The minimum atomic E-state index is -4.09. The van der Waals surface area contributed by atoms with Crippen molar-refractivity contribution in [3.8, 4) is 11.4 Å². The van der Waals surface area contributed by atoms with Crippen LogP contribution in [0.3, 0.4) is 0 Å². The van der Waals surface area contributed by atoms with E-state index in [0.717, 1.165) is 0 Å². The van der Waals surface area contributed by atoms with Gasteiger partial charge in [0.25, 0.3) is 0 Å². The van der Waals surface area contributed by atoms with Crippen LogP contribution >= 0.6 is 11.6 Å². The van der Waals surface area contributed by atoms with Crippen molar-refractivity contribution < 1.29 is 18.3 Å². The third-order valence-corrected chi connectivity index (χ3v) is 4.83. The number of anilines is 1. The number of amides is 1. The molecule has 0 radical (unpaired) electrons. The predicted molar refractivity (Wildman–Crippen MR) is 100 cm³/mol. The number of aromatic nitrogens is 2. The molecule has 0 aliphatic carbocycles. The van der Waals surface area contributed by atoms with Crippen LogP contribution in [-0.2, 0) is 21.2 Å². The van der Waals surface area contributed by atoms with E-state index in [9.17, 15) is 18.3 Å². The predicted octanol–water partition coefficient (Wildman–Crippen LogP) is 2.06. The number of nitrogens with zero attached hydrogens (tertiary/aromatic N) is 2. The molecule has 0 bridgehead atoms. The van der Waals surface area contributed by atoms with Crippen molar-refractivity contribution in [2.75, 3.05) is 5.32 Å². The molecule has 3 rings (SSSR count). The minimum absolute atomic E-state index is 0.00350. The molecule has 0 fully saturated rings. The Bertz CT molecular complexity index is 1110. The van der Waals surface area contributed by atoms with Crippen LogP contribution in [0.25, 0.3) is 5.69 Å². The van der Waals surface area contributed by atoms with E-state index in [1.807, 2.05) is 0 Å². The normalized spacial score (nSPS) is 11.3. The standard InChI is InChI=1S/C17H15ClN4O4S/c18-12-9-20-22(10-12)14-6-5-13(8-16(14)27(19,25)26)21-17(24)7-11-3-1-2-4-15(11)23/h1-6,8-10,23H,7H2,(H,21,24)(H2,19,25,26). The third-order valence-electron chi connectivity index (χ3n) is 3.69. The highest BCUT2D eigenvalue weighted by Crippen LogP contribution is 2.24. The summed E-state index contributed by atoms with van der Waals surface area (Å²) >= 11 is 5.83. The third kappa shape index (κ3) is 4.45. The van der Waals surface area contributed by atoms with Gasteiger partial charge in [-0.3, -0.25) is 4.79 Å². The Hall–Kier alpha value is -2.88. The quantitative estimate of drug-likeness (QED) is 0.597. The molecule has 1 heterocycles. The molecule has 0 saturated heterocycles. The lowest BCUT2D eigenvalue weighted by molar-refractivity contribution is -0.115. The maximum absolute atomic E-state index is 12.2. The summed E-state index contributed by atoms with van der Waals surface area (Å²) in [5.41, 5.74) is 0.883. The van der Waals surface area contributed by atoms with Crippen LogP contribution < -0.4 is 10.5 Å². The van der Waals surface area contributed by atoms with Gasteiger partial charge >= 0.3 is 0 Å². The molecule has 1 amide bonds. The second kappa shape index (κ2) is 7.39. The van der Waals surface area contributed by atoms with Crippen LogP contribution in [-0.4, -0.2) is 29.2 Å². The van der Waals surface area contributed by atoms with E-state index < -0.39 is 15.9 Å². The molecule has 27 heavy (non-hydrogen) atoms. The summed E-state index contributed by atoms with van der Waals surface area (Å²) in [6, 6.07) is 10.7. The fourth-order valence-corrected chi connectivity index (χ4v) is 3.36. The Morgan fingerprint density at radius 1 is 1.26 bits per heavy atom. The fourth-order valence-electron chi connectivity index (χ4n) is 2.48. The summed E-state index contributed by atoms with van der Waals surface area (Å²) in [5.74, 6) is -0.421. The Labute approximate surface area is 160 Å². The summed E-state index contributed by atoms with van der Waals surface area (Å²) in [4.78, 5) is 12.0. The average Bonchev–Trinajstić information content (AvgIpc) is 3.02. The molecule has 0 saturated carbocycles. The van der Waals surface area contributed by atoms with Crippen LogP contribution in [0.15, 0.2) is 59.8 Å². The highest BCUT2D eigenvalue weighted by atomic mass is 35.5. The molecule has 1 aromatic heterocycles. The van der Waals surface area contributed by atoms with Crippen molar-refractivity contribution in [1.29, 1.82) is 0 Å². The maximum atomic E-state index is 12.2. The number of para-hydroxylation sites is 1. The van der Waals surface area contributed by atoms with Crippen molar-refractivity contribution in [2.45, 2.75) is 11.3 Å². The van der Waals surface area contributed by atoms with Crippen LogP contribution in [0.4, 0.5) is 5.69 Å². The second-order valence-electron chi connectivity index (χ2n) is 5.68. The molecule has 0 spiro atoms. The van der Waals surface area contributed by atoms with E-state index in [1.54, 1.807) is 18.2 Å². The highest BCUT2D eigenvalue weighted by molar-refractivity contribution is 7.89. The van der Waals surface area contributed by atoms with Gasteiger partial charge in [-0.15, -0.1) is 0 Å². The number of halogens is 1. The molecule has 3 aromatic rings. The van der Waals surface area contributed by atoms with Crippen molar-refractivity contribution in [3.63, 3.8) is 0 Å². The zero-order valence-electron chi connectivity index (χ0n) is 13.8. The van der Waals surface area contributed by atoms with Gasteiger partial charge in [0, 0.05) is 17.4 Å². The lowest BCUT2D eigenvalue weighted by Gasteiger charge is -2.11. The minimum Gasteiger partial charge on any atom is -0.508 e. The molecule has 140 valence electrons. The molecule has 8 nitrogen and oxygen atoms in total. The van der Waals surface area contributed by atoms with Gasteiger partial charge in [0.2, 0.25) is 15.9 Å². The van der Waals surface area contributed by atoms with Gasteiger partial charge in [0.05, 0.1) is 23.3 Å². The molecule has 4 N–H and O–H groups in total. The molecule has 0 unspecified atom stereocenters. The van der Waals surface area contributed by atoms with Gasteiger partial charge in [0.1, 0.15) is 10.6 Å². The first-order valence-corrected chi connectivity index (χ1v) is 9.60. The van der Waals surface area contributed by atoms with Crippen molar-refractivity contribution in [2.24, 2.45) is 5.14 Å². The van der Waals surface area contributed by atoms with Gasteiger partial charge in [-0.05, 0) is 24.3 Å². The number of phenolic OH excluding ortho intramolecular Hbond substituents is 1. The molecular formula is C17H15ClN4O4S. The number of primary sulfonamides is 1. The van der Waals surface area contributed by atoms with Crippen molar-refractivity contribution >= 4 is 33.2 Å². The van der Waals surface area contributed by atoms with Crippen LogP contribution in [0.1, 0.15) is 5.56 Å². The first kappa shape index (κ1) is 18.9. The maximum Gasteiger partial charge on any atom is 0.240 e. The fraction of sp³-hybridized carbons (Fsp3) is 0.0588. The molecule has 0 atom stereocenters. The van der Waals surface area contributed by atoms with Gasteiger partial charge < -0.3 is 10.4 Å². The lowest BCUT2D eigenvalue weighted by atomic mass is 10.1. The summed E-state index contributed by atoms with van der Waals surface area (Å²) in [5, 5.41) is 21.9. The summed E-state index contributed by atoms with van der Waals surface area (Å²) in [7, 11) is -4.09. The smallest absolute Gasteiger partial charge is 0.240 e. The van der Waals surface area contributed by atoms with Gasteiger partial charge in [-0.2, -0.15) is 5.10 Å². The van der Waals surface area contributed by atoms with Crippen LogP contribution in [0, 0.1) is 0 Å². The number of carbonyl (C=O) groups is 1. The largest absolute Gasteiger partial charge is 0.508 e. The average molecular weight is 407 g/mol. The SMILES string of the molecule is NS(=O)(=O)c1cc(NC(=O)Cc2ccccc2O)ccc1-n1cc(Cl)cn1. The van der Waals surface area contributed by atoms with E-state index in [0.29, 0.717) is 10.6 Å². The van der Waals surface area contributed by atoms with E-state index >= 15 is 0 Å². The molecule has 0 aliphatic heterocycles. The summed E-state index contributed by atoms with van der Waals surface area (Å²) in [6.07, 6.45) is 2.71. The highest BCUT2D eigenvalue weighted by Gasteiger charge is 2.18. The number of aromatic hydroxyl groups is 1. The Morgan fingerprint density at radius 3 is 2.63 bits per heavy atom. The van der Waals surface area contributed by atoms with Crippen LogP contribution in [0.2, 0.25) is 5.02 Å². The molecule has 0 aliphatic rings. The number of phenols is 1. The molecular weight excluding hydrogens is 392 g/mol. The number of carbonyl (C=O) groups excluding carboxylic acids is 1. The van der Waals surface area contributed by atoms with Gasteiger partial charge in [-0.25, -0.2) is 18.2 Å². The number of hydrogen-bond donors (Lipinski definition) is 3. The van der Waals surface area contributed by atoms with Gasteiger partial charge in [0.15, 0.2) is 0 Å². The van der Waals surface area contributed by atoms with E-state index in [1.165, 1.54) is 41.3 Å². The summed E-state index contributed by atoms with van der Waals surface area (Å²) in [6.45, 7) is 0. The van der Waals surface area contributed by atoms with Gasteiger partial charge in [-0.1, -0.05) is 29.8 Å². The van der Waals surface area contributed by atoms with E-state index in [4.69, 9.17) is 16.7 Å². The van der Waals surface area contributed by atoms with Crippen molar-refractivity contribution in [1.82, 2.24) is 9.78 Å². The molecule has 2 aromatic carbocycles. The van der Waals surface area contributed by atoms with E-state index in [2.05, 4.69) is 10.4 Å². The monoisotopic (exact) mass is 406 g/mol. The number of benzene rings is 2. The second-order valence-corrected chi connectivity index (χ2v) is 7.65. The first-order chi connectivity index (χ1) is 12.7. The Kier molecular flexibility index (Phi) is 5.17. The number of nitrogens with two attached hydrogens (primary N) is 1. The number of hydrogen-bond acceptors (Lipinski definition) is 5. The van der Waals surface area contributed by atoms with E-state index in [-0.39, 0.29) is 28.4 Å².